The van der Waals surface area contributed by atoms with Crippen LogP contribution < -0.4 is 16.0 Å². The molecular formula is C17H21ClN2O. The molecule has 0 fully saturated rings. The minimum Gasteiger partial charge on any atom is -0.491 e. The standard InChI is InChI=1S/C17H21ClN2O/c1-11(2)21-15-8-6-13(7-9-15)17(20-19)14-5-4-12(3)16(18)10-14/h4-11,17,20H,19H2,1-3H3. The van der Waals surface area contributed by atoms with Crippen LogP contribution in [0.4, 0.5) is 0 Å². The fourth-order valence-corrected chi connectivity index (χ4v) is 2.37. The van der Waals surface area contributed by atoms with Gasteiger partial charge in [-0.1, -0.05) is 35.9 Å². The van der Waals surface area contributed by atoms with Crippen molar-refractivity contribution in [3.05, 3.63) is 64.2 Å². The molecular weight excluding hydrogens is 284 g/mol. The van der Waals surface area contributed by atoms with Gasteiger partial charge < -0.3 is 4.74 Å². The number of hydrogen-bond acceptors (Lipinski definition) is 3. The second-order valence-corrected chi connectivity index (χ2v) is 5.75. The molecule has 1 unspecified atom stereocenters. The molecule has 0 aromatic heterocycles. The van der Waals surface area contributed by atoms with E-state index in [1.807, 2.05) is 63.2 Å². The Balaban J connectivity index is 2.26. The number of aryl methyl sites for hydroxylation is 1. The lowest BCUT2D eigenvalue weighted by Gasteiger charge is -2.18. The lowest BCUT2D eigenvalue weighted by molar-refractivity contribution is 0.242. The number of benzene rings is 2. The van der Waals surface area contributed by atoms with E-state index >= 15 is 0 Å². The smallest absolute Gasteiger partial charge is 0.119 e. The lowest BCUT2D eigenvalue weighted by Crippen LogP contribution is -2.28. The van der Waals surface area contributed by atoms with Crippen LogP contribution in [0.15, 0.2) is 42.5 Å². The van der Waals surface area contributed by atoms with Gasteiger partial charge >= 0.3 is 0 Å². The van der Waals surface area contributed by atoms with Gasteiger partial charge in [-0.2, -0.15) is 0 Å². The molecule has 0 spiro atoms. The molecule has 0 bridgehead atoms. The van der Waals surface area contributed by atoms with Gasteiger partial charge in [-0.05, 0) is 55.7 Å². The van der Waals surface area contributed by atoms with E-state index in [0.29, 0.717) is 0 Å². The average molecular weight is 305 g/mol. The highest BCUT2D eigenvalue weighted by atomic mass is 35.5. The Labute approximate surface area is 131 Å². The van der Waals surface area contributed by atoms with Crippen LogP contribution in [0, 0.1) is 6.92 Å². The Bertz CT molecular complexity index is 596. The summed E-state index contributed by atoms with van der Waals surface area (Å²) in [5.74, 6) is 6.57. The van der Waals surface area contributed by atoms with E-state index in [9.17, 15) is 0 Å². The molecule has 112 valence electrons. The van der Waals surface area contributed by atoms with Crippen LogP contribution in [0.3, 0.4) is 0 Å². The first-order valence-corrected chi connectivity index (χ1v) is 7.38. The molecule has 21 heavy (non-hydrogen) atoms. The van der Waals surface area contributed by atoms with Gasteiger partial charge in [0.1, 0.15) is 5.75 Å². The molecule has 2 rings (SSSR count). The summed E-state index contributed by atoms with van der Waals surface area (Å²) in [5, 5.41) is 0.743. The van der Waals surface area contributed by atoms with Crippen LogP contribution in [-0.4, -0.2) is 6.10 Å². The van der Waals surface area contributed by atoms with Crippen LogP contribution in [-0.2, 0) is 0 Å². The van der Waals surface area contributed by atoms with Crippen molar-refractivity contribution in [1.29, 1.82) is 0 Å². The summed E-state index contributed by atoms with van der Waals surface area (Å²) in [6, 6.07) is 13.8. The van der Waals surface area contributed by atoms with Crippen molar-refractivity contribution in [2.75, 3.05) is 0 Å². The molecule has 3 nitrogen and oxygen atoms in total. The summed E-state index contributed by atoms with van der Waals surface area (Å²) in [6.07, 6.45) is 0.162. The van der Waals surface area contributed by atoms with Crippen LogP contribution in [0.25, 0.3) is 0 Å². The van der Waals surface area contributed by atoms with Crippen molar-refractivity contribution in [3.8, 4) is 5.75 Å². The first kappa shape index (κ1) is 15.8. The highest BCUT2D eigenvalue weighted by Gasteiger charge is 2.13. The third kappa shape index (κ3) is 3.97. The van der Waals surface area contributed by atoms with Gasteiger partial charge in [-0.3, -0.25) is 5.84 Å². The highest BCUT2D eigenvalue weighted by Crippen LogP contribution is 2.27. The van der Waals surface area contributed by atoms with Crippen LogP contribution >= 0.6 is 11.6 Å². The molecule has 0 amide bonds. The summed E-state index contributed by atoms with van der Waals surface area (Å²) in [6.45, 7) is 5.99. The van der Waals surface area contributed by atoms with Crippen LogP contribution in [0.1, 0.15) is 36.6 Å². The quantitative estimate of drug-likeness (QED) is 0.648. The van der Waals surface area contributed by atoms with Crippen molar-refractivity contribution in [2.45, 2.75) is 32.9 Å². The Morgan fingerprint density at radius 3 is 2.19 bits per heavy atom. The van der Waals surface area contributed by atoms with Crippen molar-refractivity contribution in [3.63, 3.8) is 0 Å². The van der Waals surface area contributed by atoms with Crippen LogP contribution in [0.2, 0.25) is 5.02 Å². The van der Waals surface area contributed by atoms with Gasteiger partial charge in [0.05, 0.1) is 12.1 Å². The molecule has 0 aliphatic rings. The number of nitrogens with one attached hydrogen (secondary N) is 1. The predicted octanol–water partition coefficient (Wildman–Crippen LogP) is 3.99. The molecule has 0 saturated carbocycles. The summed E-state index contributed by atoms with van der Waals surface area (Å²) in [4.78, 5) is 0. The molecule has 2 aromatic rings. The third-order valence-corrected chi connectivity index (χ3v) is 3.69. The minimum absolute atomic E-state index is 0.101. The van der Waals surface area contributed by atoms with Gasteiger partial charge in [0.15, 0.2) is 0 Å². The zero-order chi connectivity index (χ0) is 15.4. The van der Waals surface area contributed by atoms with Gasteiger partial charge in [0.25, 0.3) is 0 Å². The summed E-state index contributed by atoms with van der Waals surface area (Å²) in [7, 11) is 0. The van der Waals surface area contributed by atoms with Gasteiger partial charge in [-0.15, -0.1) is 0 Å². The third-order valence-electron chi connectivity index (χ3n) is 3.28. The number of hydrogen-bond donors (Lipinski definition) is 2. The number of rotatable bonds is 5. The zero-order valence-corrected chi connectivity index (χ0v) is 13.3. The summed E-state index contributed by atoms with van der Waals surface area (Å²) < 4.78 is 5.65. The summed E-state index contributed by atoms with van der Waals surface area (Å²) in [5.41, 5.74) is 5.99. The second-order valence-electron chi connectivity index (χ2n) is 5.34. The fourth-order valence-electron chi connectivity index (χ4n) is 2.18. The van der Waals surface area contributed by atoms with E-state index in [2.05, 4.69) is 5.43 Å². The Morgan fingerprint density at radius 1 is 1.05 bits per heavy atom. The van der Waals surface area contributed by atoms with Crippen molar-refractivity contribution in [2.24, 2.45) is 5.84 Å². The average Bonchev–Trinajstić information content (AvgIpc) is 2.45. The molecule has 0 heterocycles. The highest BCUT2D eigenvalue weighted by molar-refractivity contribution is 6.31. The fraction of sp³-hybridized carbons (Fsp3) is 0.294. The van der Waals surface area contributed by atoms with E-state index in [0.717, 1.165) is 27.5 Å². The van der Waals surface area contributed by atoms with E-state index in [1.165, 1.54) is 0 Å². The first-order valence-electron chi connectivity index (χ1n) is 7.00. The number of halogens is 1. The monoisotopic (exact) mass is 304 g/mol. The van der Waals surface area contributed by atoms with Crippen LogP contribution in [0.5, 0.6) is 5.75 Å². The zero-order valence-electron chi connectivity index (χ0n) is 12.6. The van der Waals surface area contributed by atoms with E-state index in [-0.39, 0.29) is 12.1 Å². The molecule has 0 radical (unpaired) electrons. The topological polar surface area (TPSA) is 47.3 Å². The first-order chi connectivity index (χ1) is 10.0. The van der Waals surface area contributed by atoms with Crippen molar-refractivity contribution in [1.82, 2.24) is 5.43 Å². The molecule has 4 heteroatoms. The maximum atomic E-state index is 6.20. The van der Waals surface area contributed by atoms with Gasteiger partial charge in [0.2, 0.25) is 0 Å². The SMILES string of the molecule is Cc1ccc(C(NN)c2ccc(OC(C)C)cc2)cc1Cl. The van der Waals surface area contributed by atoms with Gasteiger partial charge in [-0.25, -0.2) is 5.43 Å². The maximum absolute atomic E-state index is 6.20. The van der Waals surface area contributed by atoms with E-state index < -0.39 is 0 Å². The van der Waals surface area contributed by atoms with E-state index in [1.54, 1.807) is 0 Å². The largest absolute Gasteiger partial charge is 0.491 e. The predicted molar refractivity (Wildman–Crippen MR) is 87.6 cm³/mol. The Hall–Kier alpha value is -1.55. The van der Waals surface area contributed by atoms with Crippen molar-refractivity contribution < 1.29 is 4.74 Å². The molecule has 0 aliphatic carbocycles. The maximum Gasteiger partial charge on any atom is 0.119 e. The Kier molecular flexibility index (Phi) is 5.23. The molecule has 1 atom stereocenters. The van der Waals surface area contributed by atoms with Gasteiger partial charge in [0, 0.05) is 5.02 Å². The molecule has 0 saturated heterocycles. The number of hydrazine groups is 1. The second kappa shape index (κ2) is 6.94. The summed E-state index contributed by atoms with van der Waals surface area (Å²) >= 11 is 6.20. The number of ether oxygens (including phenoxy) is 1. The molecule has 3 N–H and O–H groups in total. The normalized spacial score (nSPS) is 12.5. The lowest BCUT2D eigenvalue weighted by atomic mass is 9.98. The van der Waals surface area contributed by atoms with E-state index in [4.69, 9.17) is 22.2 Å². The minimum atomic E-state index is -0.101. The molecule has 2 aromatic carbocycles. The molecule has 0 aliphatic heterocycles. The Morgan fingerprint density at radius 2 is 1.67 bits per heavy atom. The number of nitrogens with two attached hydrogens (primary N) is 1. The van der Waals surface area contributed by atoms with Crippen molar-refractivity contribution >= 4 is 11.6 Å².